The fourth-order valence-corrected chi connectivity index (χ4v) is 3.07. The van der Waals surface area contributed by atoms with Gasteiger partial charge in [-0.2, -0.15) is 0 Å². The van der Waals surface area contributed by atoms with Gasteiger partial charge in [-0.25, -0.2) is 4.90 Å². The number of nitrogens with one attached hydrogen (secondary N) is 1. The van der Waals surface area contributed by atoms with Crippen molar-refractivity contribution in [1.29, 1.82) is 0 Å². The van der Waals surface area contributed by atoms with Crippen LogP contribution in [-0.4, -0.2) is 11.8 Å². The highest BCUT2D eigenvalue weighted by Crippen LogP contribution is 2.32. The molecule has 3 rings (SSSR count). The van der Waals surface area contributed by atoms with Crippen LogP contribution in [0.2, 0.25) is 5.02 Å². The first kappa shape index (κ1) is 17.5. The van der Waals surface area contributed by atoms with Crippen molar-refractivity contribution >= 4 is 46.4 Å². The molecule has 0 aromatic heterocycles. The summed E-state index contributed by atoms with van der Waals surface area (Å²) < 4.78 is 0. The second-order valence-corrected chi connectivity index (χ2v) is 6.49. The van der Waals surface area contributed by atoms with Crippen LogP contribution in [0.1, 0.15) is 18.1 Å². The minimum Gasteiger partial charge on any atom is -0.350 e. The lowest BCUT2D eigenvalue weighted by atomic mass is 10.1. The molecule has 1 N–H and O–H groups in total. The molecule has 25 heavy (non-hydrogen) atoms. The molecule has 1 aliphatic heterocycles. The maximum absolute atomic E-state index is 12.8. The Morgan fingerprint density at radius 3 is 2.44 bits per heavy atom. The van der Waals surface area contributed by atoms with Gasteiger partial charge < -0.3 is 5.32 Å². The zero-order chi connectivity index (χ0) is 18.1. The van der Waals surface area contributed by atoms with E-state index >= 15 is 0 Å². The van der Waals surface area contributed by atoms with Gasteiger partial charge in [-0.1, -0.05) is 54.4 Å². The third kappa shape index (κ3) is 3.15. The van der Waals surface area contributed by atoms with Gasteiger partial charge in [-0.15, -0.1) is 0 Å². The smallest absolute Gasteiger partial charge is 0.283 e. The molecule has 128 valence electrons. The number of benzene rings is 2. The van der Waals surface area contributed by atoms with Gasteiger partial charge in [-0.3, -0.25) is 9.59 Å². The molecule has 0 saturated heterocycles. The summed E-state index contributed by atoms with van der Waals surface area (Å²) in [5.41, 5.74) is 3.01. The molecule has 0 bridgehead atoms. The lowest BCUT2D eigenvalue weighted by molar-refractivity contribution is -0.120. The Balaban J connectivity index is 1.95. The van der Waals surface area contributed by atoms with Crippen LogP contribution in [0.25, 0.3) is 0 Å². The molecule has 0 unspecified atom stereocenters. The predicted octanol–water partition coefficient (Wildman–Crippen LogP) is 4.65. The van der Waals surface area contributed by atoms with E-state index in [9.17, 15) is 9.59 Å². The van der Waals surface area contributed by atoms with Crippen molar-refractivity contribution < 1.29 is 9.59 Å². The van der Waals surface area contributed by atoms with E-state index in [1.807, 2.05) is 32.0 Å². The third-order valence-electron chi connectivity index (χ3n) is 4.08. The topological polar surface area (TPSA) is 49.4 Å². The Morgan fingerprint density at radius 1 is 1.04 bits per heavy atom. The van der Waals surface area contributed by atoms with Gasteiger partial charge in [0.15, 0.2) is 0 Å². The van der Waals surface area contributed by atoms with E-state index in [1.165, 1.54) is 0 Å². The number of nitrogens with zero attached hydrogens (tertiary/aromatic N) is 1. The number of rotatable bonds is 4. The van der Waals surface area contributed by atoms with Gasteiger partial charge >= 0.3 is 0 Å². The van der Waals surface area contributed by atoms with Crippen molar-refractivity contribution in [2.75, 3.05) is 10.2 Å². The molecule has 0 radical (unpaired) electrons. The number of hydrogen-bond donors (Lipinski definition) is 1. The van der Waals surface area contributed by atoms with Crippen LogP contribution in [0.5, 0.6) is 0 Å². The number of aryl methyl sites for hydroxylation is 2. The molecule has 0 fully saturated rings. The normalized spacial score (nSPS) is 14.5. The molecular weight excluding hydrogens is 359 g/mol. The zero-order valence-electron chi connectivity index (χ0n) is 13.8. The largest absolute Gasteiger partial charge is 0.350 e. The van der Waals surface area contributed by atoms with Crippen LogP contribution in [0.4, 0.5) is 11.4 Å². The molecule has 0 spiro atoms. The summed E-state index contributed by atoms with van der Waals surface area (Å²) in [6, 6.07) is 12.6. The lowest BCUT2D eigenvalue weighted by Gasteiger charge is -2.18. The second kappa shape index (κ2) is 6.90. The molecule has 1 aliphatic rings. The summed E-state index contributed by atoms with van der Waals surface area (Å²) in [4.78, 5) is 26.5. The number of carbonyl (C=O) groups excluding carboxylic acids is 2. The monoisotopic (exact) mass is 374 g/mol. The van der Waals surface area contributed by atoms with Crippen molar-refractivity contribution in [3.8, 4) is 0 Å². The Kier molecular flexibility index (Phi) is 4.84. The number of para-hydroxylation sites is 1. The quantitative estimate of drug-likeness (QED) is 0.792. The van der Waals surface area contributed by atoms with Crippen molar-refractivity contribution in [2.45, 2.75) is 20.3 Å². The molecule has 4 nitrogen and oxygen atoms in total. The molecule has 2 aromatic carbocycles. The van der Waals surface area contributed by atoms with Crippen LogP contribution < -0.4 is 10.2 Å². The Morgan fingerprint density at radius 2 is 1.76 bits per heavy atom. The molecular formula is C19H16Cl2N2O2. The van der Waals surface area contributed by atoms with Crippen LogP contribution in [0.3, 0.4) is 0 Å². The minimum absolute atomic E-state index is 0.0532. The number of carbonyl (C=O) groups is 2. The number of anilines is 2. The Hall–Kier alpha value is -2.30. The molecule has 1 heterocycles. The van der Waals surface area contributed by atoms with E-state index < -0.39 is 11.8 Å². The van der Waals surface area contributed by atoms with Crippen LogP contribution >= 0.6 is 23.2 Å². The number of hydrogen-bond acceptors (Lipinski definition) is 3. The standard InChI is InChI=1S/C19H16Cl2N2O2/c1-3-12-6-4-5-7-15(12)23-18(24)16(21)17(19(23)25)22-13-9-8-11(2)14(20)10-13/h4-10,22H,3H2,1-2H3. The van der Waals surface area contributed by atoms with Gasteiger partial charge in [-0.05, 0) is 42.7 Å². The number of imide groups is 1. The van der Waals surface area contributed by atoms with Gasteiger partial charge in [0.05, 0.1) is 5.69 Å². The highest BCUT2D eigenvalue weighted by Gasteiger charge is 2.39. The average Bonchev–Trinajstić information content (AvgIpc) is 2.81. The summed E-state index contributed by atoms with van der Waals surface area (Å²) in [7, 11) is 0. The summed E-state index contributed by atoms with van der Waals surface area (Å²) in [6.07, 6.45) is 0.696. The van der Waals surface area contributed by atoms with E-state index in [0.717, 1.165) is 16.0 Å². The van der Waals surface area contributed by atoms with E-state index in [2.05, 4.69) is 5.32 Å². The lowest BCUT2D eigenvalue weighted by Crippen LogP contribution is -2.33. The van der Waals surface area contributed by atoms with Gasteiger partial charge in [0, 0.05) is 10.7 Å². The Bertz CT molecular complexity index is 906. The fraction of sp³-hybridized carbons (Fsp3) is 0.158. The SMILES string of the molecule is CCc1ccccc1N1C(=O)C(Cl)=C(Nc2ccc(C)c(Cl)c2)C1=O. The zero-order valence-corrected chi connectivity index (χ0v) is 15.3. The van der Waals surface area contributed by atoms with Crippen LogP contribution in [0.15, 0.2) is 53.2 Å². The summed E-state index contributed by atoms with van der Waals surface area (Å²) in [6.45, 7) is 3.85. The first-order valence-corrected chi connectivity index (χ1v) is 8.59. The van der Waals surface area contributed by atoms with Crippen LogP contribution in [0, 0.1) is 6.92 Å². The first-order valence-electron chi connectivity index (χ1n) is 7.83. The molecule has 2 amide bonds. The van der Waals surface area contributed by atoms with Gasteiger partial charge in [0.2, 0.25) is 0 Å². The third-order valence-corrected chi connectivity index (χ3v) is 4.84. The molecule has 0 atom stereocenters. The summed E-state index contributed by atoms with van der Waals surface area (Å²) in [5.74, 6) is -1.01. The van der Waals surface area contributed by atoms with Gasteiger partial charge in [0.1, 0.15) is 10.7 Å². The van der Waals surface area contributed by atoms with E-state index in [1.54, 1.807) is 24.3 Å². The van der Waals surface area contributed by atoms with E-state index in [4.69, 9.17) is 23.2 Å². The molecule has 0 aliphatic carbocycles. The van der Waals surface area contributed by atoms with Crippen molar-refractivity contribution in [1.82, 2.24) is 0 Å². The number of amides is 2. The Labute approximate surface area is 156 Å². The molecule has 2 aromatic rings. The molecule has 6 heteroatoms. The number of halogens is 2. The van der Waals surface area contributed by atoms with E-state index in [-0.39, 0.29) is 10.7 Å². The average molecular weight is 375 g/mol. The van der Waals surface area contributed by atoms with Gasteiger partial charge in [0.25, 0.3) is 11.8 Å². The summed E-state index contributed by atoms with van der Waals surface area (Å²) in [5, 5.41) is 3.36. The predicted molar refractivity (Wildman–Crippen MR) is 101 cm³/mol. The van der Waals surface area contributed by atoms with Crippen LogP contribution in [-0.2, 0) is 16.0 Å². The van der Waals surface area contributed by atoms with E-state index in [0.29, 0.717) is 22.8 Å². The maximum Gasteiger partial charge on any atom is 0.283 e. The maximum atomic E-state index is 12.8. The highest BCUT2D eigenvalue weighted by molar-refractivity contribution is 6.53. The van der Waals surface area contributed by atoms with Crippen molar-refractivity contribution in [3.63, 3.8) is 0 Å². The second-order valence-electron chi connectivity index (χ2n) is 5.71. The first-order chi connectivity index (χ1) is 11.9. The summed E-state index contributed by atoms with van der Waals surface area (Å²) >= 11 is 12.3. The highest BCUT2D eigenvalue weighted by atomic mass is 35.5. The molecule has 0 saturated carbocycles. The fourth-order valence-electron chi connectivity index (χ4n) is 2.67. The minimum atomic E-state index is -0.534. The van der Waals surface area contributed by atoms with Crippen molar-refractivity contribution in [2.24, 2.45) is 0 Å². The van der Waals surface area contributed by atoms with Crippen molar-refractivity contribution in [3.05, 3.63) is 69.3 Å².